The molecule has 0 aliphatic heterocycles. The van der Waals surface area contributed by atoms with Crippen LogP contribution in [0.25, 0.3) is 0 Å². The van der Waals surface area contributed by atoms with Crippen molar-refractivity contribution in [2.45, 2.75) is 46.0 Å². The third-order valence-electron chi connectivity index (χ3n) is 1.69. The van der Waals surface area contributed by atoms with Gasteiger partial charge in [0.1, 0.15) is 0 Å². The minimum absolute atomic E-state index is 0.520. The number of hydrogen-bond acceptors (Lipinski definition) is 1. The maximum absolute atomic E-state index is 4.70. The van der Waals surface area contributed by atoms with Gasteiger partial charge in [-0.25, -0.2) is 0 Å². The van der Waals surface area contributed by atoms with Crippen molar-refractivity contribution in [1.29, 1.82) is 0 Å². The van der Waals surface area contributed by atoms with Crippen molar-refractivity contribution in [3.05, 3.63) is 0 Å². The highest BCUT2D eigenvalue weighted by atomic mass is 32.1. The Bertz CT molecular complexity index is 78.8. The van der Waals surface area contributed by atoms with Gasteiger partial charge in [0.05, 0.1) is 0 Å². The van der Waals surface area contributed by atoms with E-state index in [0.717, 1.165) is 0 Å². The van der Waals surface area contributed by atoms with Gasteiger partial charge in [-0.3, -0.25) is 0 Å². The average Bonchev–Trinajstić information content (AvgIpc) is 1.98. The molecule has 0 saturated heterocycles. The molecule has 0 aromatic heterocycles. The number of thiocarbonyl (C=S) groups is 1. The van der Waals surface area contributed by atoms with Crippen molar-refractivity contribution in [3.63, 3.8) is 0 Å². The van der Waals surface area contributed by atoms with Crippen LogP contribution in [0.15, 0.2) is 0 Å². The van der Waals surface area contributed by atoms with E-state index in [-0.39, 0.29) is 0 Å². The van der Waals surface area contributed by atoms with Gasteiger partial charge in [-0.15, -0.1) is 0 Å². The SMILES string of the molecule is CCCCCCC(C)[C]=S. The maximum atomic E-state index is 4.70. The summed E-state index contributed by atoms with van der Waals surface area (Å²) >= 11 is 4.70. The topological polar surface area (TPSA) is 0 Å². The zero-order valence-corrected chi connectivity index (χ0v) is 7.84. The van der Waals surface area contributed by atoms with Crippen molar-refractivity contribution in [1.82, 2.24) is 0 Å². The molecule has 0 bridgehead atoms. The Morgan fingerprint density at radius 2 is 2.00 bits per heavy atom. The molecule has 0 heterocycles. The van der Waals surface area contributed by atoms with Gasteiger partial charge in [-0.1, -0.05) is 51.7 Å². The second-order valence-corrected chi connectivity index (χ2v) is 3.10. The van der Waals surface area contributed by atoms with E-state index in [0.29, 0.717) is 5.92 Å². The molecule has 0 spiro atoms. The van der Waals surface area contributed by atoms with Gasteiger partial charge in [0.15, 0.2) is 0 Å². The summed E-state index contributed by atoms with van der Waals surface area (Å²) in [7, 11) is 0. The van der Waals surface area contributed by atoms with E-state index in [2.05, 4.69) is 19.2 Å². The van der Waals surface area contributed by atoms with Crippen LogP contribution in [0.5, 0.6) is 0 Å². The fourth-order valence-electron chi connectivity index (χ4n) is 0.936. The van der Waals surface area contributed by atoms with Crippen LogP contribution in [0.4, 0.5) is 0 Å². The molecule has 0 aromatic rings. The first-order valence-corrected chi connectivity index (χ1v) is 4.59. The van der Waals surface area contributed by atoms with Crippen LogP contribution in [-0.4, -0.2) is 5.37 Å². The smallest absolute Gasteiger partial charge is 0.0322 e. The molecule has 1 unspecified atom stereocenters. The van der Waals surface area contributed by atoms with E-state index >= 15 is 0 Å². The molecule has 59 valence electrons. The van der Waals surface area contributed by atoms with Crippen LogP contribution in [0.3, 0.4) is 0 Å². The van der Waals surface area contributed by atoms with E-state index in [4.69, 9.17) is 12.2 Å². The Morgan fingerprint density at radius 1 is 1.30 bits per heavy atom. The molecule has 10 heavy (non-hydrogen) atoms. The molecule has 0 aliphatic rings. The zero-order chi connectivity index (χ0) is 7.82. The summed E-state index contributed by atoms with van der Waals surface area (Å²) in [4.78, 5) is 0. The van der Waals surface area contributed by atoms with E-state index in [1.165, 1.54) is 32.1 Å². The minimum Gasteiger partial charge on any atom is -0.0834 e. The van der Waals surface area contributed by atoms with Gasteiger partial charge in [-0.2, -0.15) is 0 Å². The van der Waals surface area contributed by atoms with Crippen molar-refractivity contribution < 1.29 is 0 Å². The Morgan fingerprint density at radius 3 is 2.50 bits per heavy atom. The van der Waals surface area contributed by atoms with Gasteiger partial charge in [0.2, 0.25) is 0 Å². The van der Waals surface area contributed by atoms with Gasteiger partial charge < -0.3 is 0 Å². The van der Waals surface area contributed by atoms with Crippen molar-refractivity contribution in [3.8, 4) is 0 Å². The lowest BCUT2D eigenvalue weighted by molar-refractivity contribution is 0.587. The minimum atomic E-state index is 0.520. The van der Waals surface area contributed by atoms with Gasteiger partial charge >= 0.3 is 0 Å². The molecule has 0 N–H and O–H groups in total. The Hall–Kier alpha value is 0.0900. The zero-order valence-electron chi connectivity index (χ0n) is 7.02. The first-order chi connectivity index (χ1) is 4.81. The lowest BCUT2D eigenvalue weighted by Crippen LogP contribution is -1.92. The van der Waals surface area contributed by atoms with Crippen molar-refractivity contribution in [2.24, 2.45) is 5.92 Å². The normalized spacial score (nSPS) is 13.0. The lowest BCUT2D eigenvalue weighted by atomic mass is 10.0. The average molecular weight is 157 g/mol. The standard InChI is InChI=1S/C9H17S/c1-3-4-5-6-7-9(2)8-10/h9H,3-7H2,1-2H3. The number of hydrogen-bond donors (Lipinski definition) is 0. The quantitative estimate of drug-likeness (QED) is 0.420. The maximum Gasteiger partial charge on any atom is 0.0322 e. The highest BCUT2D eigenvalue weighted by Gasteiger charge is 1.95. The molecule has 0 amide bonds. The van der Waals surface area contributed by atoms with Crippen molar-refractivity contribution in [2.75, 3.05) is 0 Å². The Balaban J connectivity index is 2.95. The summed E-state index contributed by atoms with van der Waals surface area (Å²) in [6.07, 6.45) is 6.58. The van der Waals surface area contributed by atoms with E-state index in [1.54, 1.807) is 0 Å². The third-order valence-corrected chi connectivity index (χ3v) is 2.09. The molecule has 0 aliphatic carbocycles. The molecule has 0 rings (SSSR count). The lowest BCUT2D eigenvalue weighted by Gasteiger charge is -2.01. The largest absolute Gasteiger partial charge is 0.0834 e. The molecule has 1 radical (unpaired) electrons. The fraction of sp³-hybridized carbons (Fsp3) is 0.889. The molecule has 0 fully saturated rings. The number of unbranched alkanes of at least 4 members (excludes halogenated alkanes) is 3. The van der Waals surface area contributed by atoms with Gasteiger partial charge in [0.25, 0.3) is 0 Å². The summed E-state index contributed by atoms with van der Waals surface area (Å²) in [6.45, 7) is 4.37. The van der Waals surface area contributed by atoms with Crippen molar-refractivity contribution >= 4 is 17.6 Å². The Kier molecular flexibility index (Phi) is 7.26. The first kappa shape index (κ1) is 10.1. The van der Waals surface area contributed by atoms with E-state index < -0.39 is 0 Å². The molecule has 0 aromatic carbocycles. The molecule has 0 saturated carbocycles. The van der Waals surface area contributed by atoms with E-state index in [1.807, 2.05) is 0 Å². The Labute approximate surface area is 70.0 Å². The van der Waals surface area contributed by atoms with Crippen LogP contribution in [-0.2, 0) is 0 Å². The highest BCUT2D eigenvalue weighted by Crippen LogP contribution is 2.08. The number of rotatable bonds is 6. The first-order valence-electron chi connectivity index (χ1n) is 4.19. The third kappa shape index (κ3) is 6.21. The molecule has 1 heteroatoms. The summed E-state index contributed by atoms with van der Waals surface area (Å²) < 4.78 is 0. The molecule has 0 nitrogen and oxygen atoms in total. The molecular formula is C9H17S. The van der Waals surface area contributed by atoms with Gasteiger partial charge in [-0.05, 0) is 12.3 Å². The predicted molar refractivity (Wildman–Crippen MR) is 50.5 cm³/mol. The second kappa shape index (κ2) is 7.20. The van der Waals surface area contributed by atoms with Crippen LogP contribution in [0.1, 0.15) is 46.0 Å². The van der Waals surface area contributed by atoms with Crippen LogP contribution in [0, 0.1) is 5.92 Å². The van der Waals surface area contributed by atoms with Crippen LogP contribution < -0.4 is 0 Å². The molecular weight excluding hydrogens is 140 g/mol. The molecule has 1 atom stereocenters. The fourth-order valence-corrected chi connectivity index (χ4v) is 1.05. The monoisotopic (exact) mass is 157 g/mol. The van der Waals surface area contributed by atoms with Crippen LogP contribution in [0.2, 0.25) is 0 Å². The van der Waals surface area contributed by atoms with E-state index in [9.17, 15) is 0 Å². The van der Waals surface area contributed by atoms with Crippen LogP contribution >= 0.6 is 12.2 Å². The highest BCUT2D eigenvalue weighted by molar-refractivity contribution is 7.79. The summed E-state index contributed by atoms with van der Waals surface area (Å²) in [5.41, 5.74) is 0. The second-order valence-electron chi connectivity index (χ2n) is 2.87. The summed E-state index contributed by atoms with van der Waals surface area (Å²) in [5.74, 6) is 0.520. The predicted octanol–water partition coefficient (Wildman–Crippen LogP) is 3.47. The summed E-state index contributed by atoms with van der Waals surface area (Å²) in [5, 5.41) is 2.83. The van der Waals surface area contributed by atoms with Gasteiger partial charge in [0, 0.05) is 5.37 Å². The summed E-state index contributed by atoms with van der Waals surface area (Å²) in [6, 6.07) is 0.